The van der Waals surface area contributed by atoms with Gasteiger partial charge < -0.3 is 4.98 Å². The molecule has 1 heterocycles. The summed E-state index contributed by atoms with van der Waals surface area (Å²) in [5.41, 5.74) is 0.986. The highest BCUT2D eigenvalue weighted by Crippen LogP contribution is 1.89. The SMILES string of the molecule is C=CCc1[c]nc[nH]1. The van der Waals surface area contributed by atoms with Gasteiger partial charge in [-0.05, 0) is 0 Å². The molecule has 2 nitrogen and oxygen atoms in total. The summed E-state index contributed by atoms with van der Waals surface area (Å²) in [4.78, 5) is 6.61. The van der Waals surface area contributed by atoms with Crippen LogP contribution in [0.4, 0.5) is 0 Å². The molecule has 41 valence electrons. The van der Waals surface area contributed by atoms with Crippen LogP contribution in [0.5, 0.6) is 0 Å². The fraction of sp³-hybridized carbons (Fsp3) is 0.167. The molecule has 0 saturated carbocycles. The van der Waals surface area contributed by atoms with Crippen LogP contribution in [0.2, 0.25) is 0 Å². The van der Waals surface area contributed by atoms with Gasteiger partial charge in [0, 0.05) is 12.1 Å². The molecule has 1 aromatic rings. The zero-order valence-corrected chi connectivity index (χ0v) is 4.52. The Morgan fingerprint density at radius 3 is 3.38 bits per heavy atom. The second-order valence-electron chi connectivity index (χ2n) is 1.49. The number of aromatic nitrogens is 2. The fourth-order valence-electron chi connectivity index (χ4n) is 0.502. The van der Waals surface area contributed by atoms with Gasteiger partial charge in [-0.15, -0.1) is 6.58 Å². The normalized spacial score (nSPS) is 9.00. The molecule has 0 spiro atoms. The largest absolute Gasteiger partial charge is 0.348 e. The topological polar surface area (TPSA) is 28.7 Å². The van der Waals surface area contributed by atoms with E-state index >= 15 is 0 Å². The van der Waals surface area contributed by atoms with Crippen molar-refractivity contribution < 1.29 is 0 Å². The summed E-state index contributed by atoms with van der Waals surface area (Å²) in [6, 6.07) is 0. The van der Waals surface area contributed by atoms with Crippen LogP contribution in [0.15, 0.2) is 19.0 Å². The summed E-state index contributed by atoms with van der Waals surface area (Å²) in [7, 11) is 0. The summed E-state index contributed by atoms with van der Waals surface area (Å²) in [6.07, 6.45) is 7.00. The third-order valence-electron chi connectivity index (χ3n) is 0.851. The van der Waals surface area contributed by atoms with Crippen LogP contribution < -0.4 is 0 Å². The van der Waals surface area contributed by atoms with Crippen LogP contribution in [-0.2, 0) is 6.42 Å². The molecular weight excluding hydrogens is 100 g/mol. The first-order valence-electron chi connectivity index (χ1n) is 2.44. The van der Waals surface area contributed by atoms with E-state index in [1.165, 1.54) is 0 Å². The second-order valence-corrected chi connectivity index (χ2v) is 1.49. The average Bonchev–Trinajstić information content (AvgIpc) is 2.19. The average molecular weight is 107 g/mol. The van der Waals surface area contributed by atoms with E-state index in [0.717, 1.165) is 12.1 Å². The standard InChI is InChI=1S/C6H7N2/c1-2-3-6-4-7-5-8-6/h2,5H,1,3H2,(H,7,8). The third kappa shape index (κ3) is 0.964. The molecule has 0 aliphatic carbocycles. The van der Waals surface area contributed by atoms with Gasteiger partial charge in [0.15, 0.2) is 0 Å². The maximum absolute atomic E-state index is 3.71. The van der Waals surface area contributed by atoms with Crippen molar-refractivity contribution >= 4 is 0 Å². The summed E-state index contributed by atoms with van der Waals surface area (Å²) in [5.74, 6) is 0. The highest BCUT2D eigenvalue weighted by molar-refractivity contribution is 4.97. The molecule has 0 aromatic carbocycles. The van der Waals surface area contributed by atoms with Crippen molar-refractivity contribution in [2.75, 3.05) is 0 Å². The second kappa shape index (κ2) is 2.31. The zero-order valence-electron chi connectivity index (χ0n) is 4.52. The number of imidazole rings is 1. The lowest BCUT2D eigenvalue weighted by Crippen LogP contribution is -1.76. The van der Waals surface area contributed by atoms with Crippen LogP contribution in [0.3, 0.4) is 0 Å². The van der Waals surface area contributed by atoms with Crippen molar-refractivity contribution in [1.29, 1.82) is 0 Å². The summed E-state index contributed by atoms with van der Waals surface area (Å²) in [6.45, 7) is 3.57. The minimum Gasteiger partial charge on any atom is -0.348 e. The van der Waals surface area contributed by atoms with Crippen molar-refractivity contribution in [2.45, 2.75) is 6.42 Å². The Morgan fingerprint density at radius 1 is 2.00 bits per heavy atom. The predicted octanol–water partition coefficient (Wildman–Crippen LogP) is 0.938. The molecule has 1 N–H and O–H groups in total. The molecule has 0 bridgehead atoms. The predicted molar refractivity (Wildman–Crippen MR) is 31.3 cm³/mol. The maximum atomic E-state index is 3.71. The lowest BCUT2D eigenvalue weighted by atomic mass is 10.3. The Hall–Kier alpha value is -1.05. The summed E-state index contributed by atoms with van der Waals surface area (Å²) < 4.78 is 0. The van der Waals surface area contributed by atoms with Crippen LogP contribution >= 0.6 is 0 Å². The van der Waals surface area contributed by atoms with E-state index in [1.54, 1.807) is 6.33 Å². The number of rotatable bonds is 2. The molecule has 1 radical (unpaired) electrons. The number of aromatic amines is 1. The molecule has 2 heteroatoms. The molecule has 1 rings (SSSR count). The molecule has 0 amide bonds. The van der Waals surface area contributed by atoms with Gasteiger partial charge in [-0.3, -0.25) is 0 Å². The monoisotopic (exact) mass is 107 g/mol. The van der Waals surface area contributed by atoms with Crippen molar-refractivity contribution in [3.05, 3.63) is 30.9 Å². The molecular formula is C6H7N2. The molecule has 0 saturated heterocycles. The van der Waals surface area contributed by atoms with Gasteiger partial charge in [0.1, 0.15) is 6.20 Å². The Balaban J connectivity index is 2.62. The van der Waals surface area contributed by atoms with E-state index in [-0.39, 0.29) is 0 Å². The Bertz CT molecular complexity index is 153. The van der Waals surface area contributed by atoms with E-state index in [4.69, 9.17) is 0 Å². The number of nitrogens with one attached hydrogen (secondary N) is 1. The minimum atomic E-state index is 0.819. The first kappa shape index (κ1) is 5.09. The Morgan fingerprint density at radius 2 is 2.88 bits per heavy atom. The van der Waals surface area contributed by atoms with E-state index in [2.05, 4.69) is 22.7 Å². The lowest BCUT2D eigenvalue weighted by molar-refractivity contribution is 1.15. The number of nitrogens with zero attached hydrogens (tertiary/aromatic N) is 1. The maximum Gasteiger partial charge on any atom is 0.112 e. The minimum absolute atomic E-state index is 0.819. The molecule has 8 heavy (non-hydrogen) atoms. The van der Waals surface area contributed by atoms with E-state index in [9.17, 15) is 0 Å². The van der Waals surface area contributed by atoms with E-state index in [1.807, 2.05) is 6.08 Å². The molecule has 0 aliphatic rings. The molecule has 0 atom stereocenters. The summed E-state index contributed by atoms with van der Waals surface area (Å²) in [5, 5.41) is 0. The number of H-pyrrole nitrogens is 1. The van der Waals surface area contributed by atoms with Crippen LogP contribution in [0.25, 0.3) is 0 Å². The highest BCUT2D eigenvalue weighted by atomic mass is 14.8. The van der Waals surface area contributed by atoms with Gasteiger partial charge in [0.05, 0.1) is 6.33 Å². The Labute approximate surface area is 48.3 Å². The van der Waals surface area contributed by atoms with Crippen molar-refractivity contribution in [2.24, 2.45) is 0 Å². The van der Waals surface area contributed by atoms with E-state index in [0.29, 0.717) is 0 Å². The van der Waals surface area contributed by atoms with Gasteiger partial charge in [0.25, 0.3) is 0 Å². The van der Waals surface area contributed by atoms with Crippen LogP contribution in [-0.4, -0.2) is 9.97 Å². The third-order valence-corrected chi connectivity index (χ3v) is 0.851. The molecule has 0 aliphatic heterocycles. The molecule has 0 unspecified atom stereocenters. The molecule has 1 aromatic heterocycles. The number of hydrogen-bond acceptors (Lipinski definition) is 1. The zero-order chi connectivity index (χ0) is 5.82. The van der Waals surface area contributed by atoms with Gasteiger partial charge in [0.2, 0.25) is 0 Å². The molecule has 0 fully saturated rings. The highest BCUT2D eigenvalue weighted by Gasteiger charge is 1.85. The summed E-state index contributed by atoms with van der Waals surface area (Å²) >= 11 is 0. The Kier molecular flexibility index (Phi) is 1.47. The fourth-order valence-corrected chi connectivity index (χ4v) is 0.502. The van der Waals surface area contributed by atoms with Crippen molar-refractivity contribution in [3.8, 4) is 0 Å². The van der Waals surface area contributed by atoms with Crippen LogP contribution in [0, 0.1) is 6.20 Å². The number of allylic oxidation sites excluding steroid dienone is 1. The van der Waals surface area contributed by atoms with Gasteiger partial charge in [-0.25, -0.2) is 4.98 Å². The van der Waals surface area contributed by atoms with Crippen molar-refractivity contribution in [1.82, 2.24) is 9.97 Å². The lowest BCUT2D eigenvalue weighted by Gasteiger charge is -1.81. The quantitative estimate of drug-likeness (QED) is 0.560. The van der Waals surface area contributed by atoms with Crippen LogP contribution in [0.1, 0.15) is 5.69 Å². The first-order chi connectivity index (χ1) is 3.93. The van der Waals surface area contributed by atoms with Crippen molar-refractivity contribution in [3.63, 3.8) is 0 Å². The smallest absolute Gasteiger partial charge is 0.112 e. The van der Waals surface area contributed by atoms with Gasteiger partial charge in [-0.2, -0.15) is 0 Å². The van der Waals surface area contributed by atoms with Gasteiger partial charge in [-0.1, -0.05) is 6.08 Å². The van der Waals surface area contributed by atoms with E-state index < -0.39 is 0 Å². The van der Waals surface area contributed by atoms with Gasteiger partial charge >= 0.3 is 0 Å². The number of hydrogen-bond donors (Lipinski definition) is 1. The first-order valence-corrected chi connectivity index (χ1v) is 2.44.